The van der Waals surface area contributed by atoms with Gasteiger partial charge in [-0.05, 0) is 36.6 Å². The van der Waals surface area contributed by atoms with Crippen molar-refractivity contribution in [3.63, 3.8) is 0 Å². The number of rotatable bonds is 3. The maximum Gasteiger partial charge on any atom is 0.222 e. The first-order valence-corrected chi connectivity index (χ1v) is 6.76. The lowest BCUT2D eigenvalue weighted by Crippen LogP contribution is -2.36. The second-order valence-corrected chi connectivity index (χ2v) is 5.19. The molecule has 0 unspecified atom stereocenters. The zero-order valence-corrected chi connectivity index (χ0v) is 11.4. The molecule has 1 amide bonds. The highest BCUT2D eigenvalue weighted by molar-refractivity contribution is 9.10. The molecule has 92 valence electrons. The van der Waals surface area contributed by atoms with Gasteiger partial charge >= 0.3 is 0 Å². The number of carbonyl (C=O) groups is 1. The van der Waals surface area contributed by atoms with Crippen molar-refractivity contribution in [2.75, 3.05) is 13.1 Å². The largest absolute Gasteiger partial charge is 0.338 e. The molecule has 1 aliphatic heterocycles. The Labute approximate surface area is 110 Å². The predicted molar refractivity (Wildman–Crippen MR) is 71.6 cm³/mol. The van der Waals surface area contributed by atoms with Gasteiger partial charge in [0.1, 0.15) is 0 Å². The van der Waals surface area contributed by atoms with E-state index >= 15 is 0 Å². The lowest BCUT2D eigenvalue weighted by atomic mass is 9.99. The Morgan fingerprint density at radius 1 is 1.47 bits per heavy atom. The average Bonchev–Trinajstić information content (AvgIpc) is 2.36. The SMILES string of the molecule is NCCCC(=O)N1CCc2c(Br)cccc2C1. The molecule has 2 N–H and O–H groups in total. The molecule has 0 atom stereocenters. The quantitative estimate of drug-likeness (QED) is 0.928. The van der Waals surface area contributed by atoms with Crippen LogP contribution in [0, 0.1) is 0 Å². The van der Waals surface area contributed by atoms with E-state index in [4.69, 9.17) is 5.73 Å². The summed E-state index contributed by atoms with van der Waals surface area (Å²) in [5.41, 5.74) is 8.03. The molecule has 1 aromatic carbocycles. The van der Waals surface area contributed by atoms with Crippen LogP contribution >= 0.6 is 15.9 Å². The van der Waals surface area contributed by atoms with E-state index in [-0.39, 0.29) is 5.91 Å². The second-order valence-electron chi connectivity index (χ2n) is 4.34. The van der Waals surface area contributed by atoms with Crippen molar-refractivity contribution < 1.29 is 4.79 Å². The number of benzene rings is 1. The molecule has 0 bridgehead atoms. The molecule has 17 heavy (non-hydrogen) atoms. The average molecular weight is 297 g/mol. The maximum atomic E-state index is 11.9. The molecule has 0 radical (unpaired) electrons. The molecule has 2 rings (SSSR count). The van der Waals surface area contributed by atoms with E-state index in [0.717, 1.165) is 30.4 Å². The van der Waals surface area contributed by atoms with Crippen molar-refractivity contribution in [2.45, 2.75) is 25.8 Å². The van der Waals surface area contributed by atoms with Crippen LogP contribution in [0.1, 0.15) is 24.0 Å². The summed E-state index contributed by atoms with van der Waals surface area (Å²) in [6.45, 7) is 2.14. The van der Waals surface area contributed by atoms with Crippen molar-refractivity contribution in [3.05, 3.63) is 33.8 Å². The number of halogens is 1. The summed E-state index contributed by atoms with van der Waals surface area (Å²) < 4.78 is 1.16. The van der Waals surface area contributed by atoms with Crippen LogP contribution < -0.4 is 5.73 Å². The summed E-state index contributed by atoms with van der Waals surface area (Å²) in [6.07, 6.45) is 2.28. The molecule has 4 heteroatoms. The smallest absolute Gasteiger partial charge is 0.222 e. The van der Waals surface area contributed by atoms with E-state index in [9.17, 15) is 4.79 Å². The minimum Gasteiger partial charge on any atom is -0.338 e. The summed E-state index contributed by atoms with van der Waals surface area (Å²) in [7, 11) is 0. The van der Waals surface area contributed by atoms with Crippen LogP contribution in [0.15, 0.2) is 22.7 Å². The lowest BCUT2D eigenvalue weighted by Gasteiger charge is -2.29. The molecular weight excluding hydrogens is 280 g/mol. The number of fused-ring (bicyclic) bond motifs is 1. The lowest BCUT2D eigenvalue weighted by molar-refractivity contribution is -0.132. The highest BCUT2D eigenvalue weighted by Crippen LogP contribution is 2.26. The van der Waals surface area contributed by atoms with Crippen LogP contribution in [0.4, 0.5) is 0 Å². The Kier molecular flexibility index (Phi) is 4.18. The fraction of sp³-hybridized carbons (Fsp3) is 0.462. The first-order chi connectivity index (χ1) is 8.22. The number of carbonyl (C=O) groups excluding carboxylic acids is 1. The van der Waals surface area contributed by atoms with Crippen molar-refractivity contribution in [3.8, 4) is 0 Å². The molecule has 3 nitrogen and oxygen atoms in total. The van der Waals surface area contributed by atoms with Gasteiger partial charge in [0.05, 0.1) is 0 Å². The molecular formula is C13H17BrN2O. The fourth-order valence-corrected chi connectivity index (χ4v) is 2.79. The fourth-order valence-electron chi connectivity index (χ4n) is 2.19. The predicted octanol–water partition coefficient (Wildman–Crippen LogP) is 2.07. The maximum absolute atomic E-state index is 11.9. The van der Waals surface area contributed by atoms with Crippen molar-refractivity contribution >= 4 is 21.8 Å². The third-order valence-electron chi connectivity index (χ3n) is 3.16. The van der Waals surface area contributed by atoms with Crippen molar-refractivity contribution in [1.82, 2.24) is 4.90 Å². The minimum atomic E-state index is 0.223. The molecule has 1 heterocycles. The first kappa shape index (κ1) is 12.6. The molecule has 1 aliphatic rings. The van der Waals surface area contributed by atoms with Gasteiger partial charge in [-0.2, -0.15) is 0 Å². The third-order valence-corrected chi connectivity index (χ3v) is 3.90. The van der Waals surface area contributed by atoms with Gasteiger partial charge in [0, 0.05) is 24.0 Å². The molecule has 0 saturated heterocycles. The van der Waals surface area contributed by atoms with Gasteiger partial charge in [0.25, 0.3) is 0 Å². The Morgan fingerprint density at radius 3 is 3.06 bits per heavy atom. The van der Waals surface area contributed by atoms with Gasteiger partial charge in [-0.3, -0.25) is 4.79 Å². The first-order valence-electron chi connectivity index (χ1n) is 5.96. The van der Waals surface area contributed by atoms with E-state index in [1.54, 1.807) is 0 Å². The summed E-state index contributed by atoms with van der Waals surface area (Å²) >= 11 is 3.56. The van der Waals surface area contributed by atoms with Crippen LogP contribution in [-0.4, -0.2) is 23.9 Å². The second kappa shape index (κ2) is 5.65. The van der Waals surface area contributed by atoms with Crippen LogP contribution in [0.5, 0.6) is 0 Å². The van der Waals surface area contributed by atoms with Gasteiger partial charge in [0.15, 0.2) is 0 Å². The van der Waals surface area contributed by atoms with E-state index in [1.165, 1.54) is 11.1 Å². The summed E-state index contributed by atoms with van der Waals surface area (Å²) in [6, 6.07) is 6.18. The standard InChI is InChI=1S/C13H17BrN2O/c14-12-4-1-3-10-9-16(8-6-11(10)12)13(17)5-2-7-15/h1,3-4H,2,5-9,15H2. The van der Waals surface area contributed by atoms with E-state index in [2.05, 4.69) is 28.1 Å². The Morgan fingerprint density at radius 2 is 2.29 bits per heavy atom. The molecule has 0 spiro atoms. The number of nitrogens with zero attached hydrogens (tertiary/aromatic N) is 1. The number of hydrogen-bond donors (Lipinski definition) is 1. The number of hydrogen-bond acceptors (Lipinski definition) is 2. The molecule has 0 fully saturated rings. The van der Waals surface area contributed by atoms with E-state index < -0.39 is 0 Å². The normalized spacial score (nSPS) is 14.6. The van der Waals surface area contributed by atoms with Crippen molar-refractivity contribution in [1.29, 1.82) is 0 Å². The highest BCUT2D eigenvalue weighted by atomic mass is 79.9. The van der Waals surface area contributed by atoms with Gasteiger partial charge in [-0.15, -0.1) is 0 Å². The number of nitrogens with two attached hydrogens (primary N) is 1. The Bertz CT molecular complexity index is 420. The minimum absolute atomic E-state index is 0.223. The highest BCUT2D eigenvalue weighted by Gasteiger charge is 2.21. The number of amides is 1. The van der Waals surface area contributed by atoms with E-state index in [1.807, 2.05) is 11.0 Å². The summed E-state index contributed by atoms with van der Waals surface area (Å²) in [5, 5.41) is 0. The third kappa shape index (κ3) is 2.87. The zero-order chi connectivity index (χ0) is 12.3. The van der Waals surface area contributed by atoms with Gasteiger partial charge in [0.2, 0.25) is 5.91 Å². The van der Waals surface area contributed by atoms with Crippen LogP contribution in [0.3, 0.4) is 0 Å². The topological polar surface area (TPSA) is 46.3 Å². The van der Waals surface area contributed by atoms with Crippen LogP contribution in [0.2, 0.25) is 0 Å². The zero-order valence-electron chi connectivity index (χ0n) is 9.79. The van der Waals surface area contributed by atoms with Crippen LogP contribution in [-0.2, 0) is 17.8 Å². The monoisotopic (exact) mass is 296 g/mol. The molecule has 0 aliphatic carbocycles. The Hall–Kier alpha value is -0.870. The molecule has 0 saturated carbocycles. The van der Waals surface area contributed by atoms with Gasteiger partial charge in [-0.1, -0.05) is 28.1 Å². The van der Waals surface area contributed by atoms with Gasteiger partial charge in [-0.25, -0.2) is 0 Å². The van der Waals surface area contributed by atoms with E-state index in [0.29, 0.717) is 13.0 Å². The van der Waals surface area contributed by atoms with Crippen LogP contribution in [0.25, 0.3) is 0 Å². The van der Waals surface area contributed by atoms with Crippen molar-refractivity contribution in [2.24, 2.45) is 5.73 Å². The Balaban J connectivity index is 2.06. The summed E-state index contributed by atoms with van der Waals surface area (Å²) in [4.78, 5) is 13.8. The molecule has 1 aromatic rings. The van der Waals surface area contributed by atoms with Gasteiger partial charge < -0.3 is 10.6 Å². The summed E-state index contributed by atoms with van der Waals surface area (Å²) in [5.74, 6) is 0.223. The molecule has 0 aromatic heterocycles.